The van der Waals surface area contributed by atoms with Crippen LogP contribution in [0.4, 0.5) is 0 Å². The van der Waals surface area contributed by atoms with Crippen molar-refractivity contribution < 1.29 is 9.90 Å². The summed E-state index contributed by atoms with van der Waals surface area (Å²) in [7, 11) is 0. The summed E-state index contributed by atoms with van der Waals surface area (Å²) in [6.07, 6.45) is 8.08. The molecule has 3 heteroatoms. The maximum absolute atomic E-state index is 12.1. The molecule has 0 spiro atoms. The molecule has 1 rings (SSSR count). The van der Waals surface area contributed by atoms with Gasteiger partial charge in [-0.2, -0.15) is 0 Å². The molecule has 1 fully saturated rings. The third-order valence-corrected chi connectivity index (χ3v) is 4.20. The summed E-state index contributed by atoms with van der Waals surface area (Å²) in [6, 6.07) is 0. The number of hydrogen-bond donors (Lipinski definition) is 2. The highest BCUT2D eigenvalue weighted by atomic mass is 16.3. The van der Waals surface area contributed by atoms with E-state index in [-0.39, 0.29) is 18.4 Å². The molecule has 0 bridgehead atoms. The average molecular weight is 255 g/mol. The molecule has 3 nitrogen and oxygen atoms in total. The summed E-state index contributed by atoms with van der Waals surface area (Å²) in [6.45, 7) is 5.07. The van der Waals surface area contributed by atoms with E-state index in [1.807, 2.05) is 0 Å². The molecule has 0 aromatic heterocycles. The van der Waals surface area contributed by atoms with Gasteiger partial charge in [-0.05, 0) is 31.1 Å². The molecule has 18 heavy (non-hydrogen) atoms. The van der Waals surface area contributed by atoms with E-state index < -0.39 is 0 Å². The van der Waals surface area contributed by atoms with E-state index >= 15 is 0 Å². The Hall–Kier alpha value is -0.570. The van der Waals surface area contributed by atoms with Gasteiger partial charge >= 0.3 is 0 Å². The number of rotatable bonds is 8. The molecule has 106 valence electrons. The molecule has 1 aliphatic rings. The summed E-state index contributed by atoms with van der Waals surface area (Å²) in [5, 5.41) is 11.9. The van der Waals surface area contributed by atoms with Crippen LogP contribution >= 0.6 is 0 Å². The van der Waals surface area contributed by atoms with Crippen LogP contribution in [0.25, 0.3) is 0 Å². The predicted molar refractivity (Wildman–Crippen MR) is 74.2 cm³/mol. The van der Waals surface area contributed by atoms with Crippen molar-refractivity contribution in [2.75, 3.05) is 13.2 Å². The highest BCUT2D eigenvalue weighted by molar-refractivity contribution is 5.78. The number of carbonyl (C=O) groups is 1. The minimum atomic E-state index is 0.189. The van der Waals surface area contributed by atoms with Gasteiger partial charge in [-0.25, -0.2) is 0 Å². The lowest BCUT2D eigenvalue weighted by atomic mass is 9.90. The smallest absolute Gasteiger partial charge is 0.223 e. The van der Waals surface area contributed by atoms with Gasteiger partial charge in [-0.15, -0.1) is 0 Å². The van der Waals surface area contributed by atoms with Crippen molar-refractivity contribution in [3.8, 4) is 0 Å². The Balaban J connectivity index is 2.27. The molecule has 2 unspecified atom stereocenters. The van der Waals surface area contributed by atoms with E-state index in [2.05, 4.69) is 19.2 Å². The van der Waals surface area contributed by atoms with Crippen molar-refractivity contribution in [1.29, 1.82) is 0 Å². The molecule has 2 atom stereocenters. The van der Waals surface area contributed by atoms with Crippen LogP contribution in [0, 0.1) is 17.8 Å². The monoisotopic (exact) mass is 255 g/mol. The lowest BCUT2D eigenvalue weighted by Crippen LogP contribution is -2.34. The second-order valence-electron chi connectivity index (χ2n) is 5.85. The molecule has 0 aromatic rings. The zero-order valence-corrected chi connectivity index (χ0v) is 12.0. The largest absolute Gasteiger partial charge is 0.396 e. The second-order valence-corrected chi connectivity index (χ2v) is 5.85. The lowest BCUT2D eigenvalue weighted by molar-refractivity contribution is -0.125. The summed E-state index contributed by atoms with van der Waals surface area (Å²) >= 11 is 0. The minimum Gasteiger partial charge on any atom is -0.396 e. The van der Waals surface area contributed by atoms with Crippen LogP contribution in [-0.2, 0) is 4.79 Å². The number of hydrogen-bond acceptors (Lipinski definition) is 2. The van der Waals surface area contributed by atoms with Crippen molar-refractivity contribution in [3.05, 3.63) is 0 Å². The number of aliphatic hydroxyl groups excluding tert-OH is 1. The highest BCUT2D eigenvalue weighted by Crippen LogP contribution is 2.31. The number of carbonyl (C=O) groups excluding carboxylic acids is 1. The third kappa shape index (κ3) is 5.38. The van der Waals surface area contributed by atoms with Gasteiger partial charge in [0.15, 0.2) is 0 Å². The van der Waals surface area contributed by atoms with E-state index in [1.54, 1.807) is 0 Å². The normalized spacial score (nSPS) is 19.7. The van der Waals surface area contributed by atoms with E-state index in [9.17, 15) is 4.79 Å². The summed E-state index contributed by atoms with van der Waals surface area (Å²) in [5.74, 6) is 1.54. The van der Waals surface area contributed by atoms with Crippen molar-refractivity contribution in [2.45, 2.75) is 58.8 Å². The van der Waals surface area contributed by atoms with Crippen LogP contribution in [0.1, 0.15) is 58.8 Å². The standard InChI is InChI=1S/C15H29NO2/c1-3-14(10-13-6-4-5-7-13)15(18)16-11-12(2)8-9-17/h12-14,17H,3-11H2,1-2H3,(H,16,18). The van der Waals surface area contributed by atoms with Gasteiger partial charge in [0.2, 0.25) is 5.91 Å². The Morgan fingerprint density at radius 1 is 1.39 bits per heavy atom. The Bertz CT molecular complexity index is 237. The molecule has 0 saturated heterocycles. The number of nitrogens with one attached hydrogen (secondary N) is 1. The van der Waals surface area contributed by atoms with Gasteiger partial charge in [-0.1, -0.05) is 39.5 Å². The Morgan fingerprint density at radius 2 is 2.06 bits per heavy atom. The highest BCUT2D eigenvalue weighted by Gasteiger charge is 2.23. The molecule has 0 aromatic carbocycles. The van der Waals surface area contributed by atoms with E-state index in [4.69, 9.17) is 5.11 Å². The van der Waals surface area contributed by atoms with Crippen molar-refractivity contribution in [1.82, 2.24) is 5.32 Å². The minimum absolute atomic E-state index is 0.189. The second kappa shape index (κ2) is 8.52. The van der Waals surface area contributed by atoms with Crippen molar-refractivity contribution in [3.63, 3.8) is 0 Å². The molecule has 1 aliphatic carbocycles. The quantitative estimate of drug-likeness (QED) is 0.700. The first-order chi connectivity index (χ1) is 8.67. The molecular weight excluding hydrogens is 226 g/mol. The summed E-state index contributed by atoms with van der Waals surface area (Å²) in [5.41, 5.74) is 0. The van der Waals surface area contributed by atoms with Crippen molar-refractivity contribution >= 4 is 5.91 Å². The third-order valence-electron chi connectivity index (χ3n) is 4.20. The van der Waals surface area contributed by atoms with E-state index in [0.29, 0.717) is 12.5 Å². The average Bonchev–Trinajstić information content (AvgIpc) is 2.86. The number of amides is 1. The molecule has 0 radical (unpaired) electrons. The SMILES string of the molecule is CCC(CC1CCCC1)C(=O)NCC(C)CCO. The van der Waals surface area contributed by atoms with Crippen LogP contribution < -0.4 is 5.32 Å². The first-order valence-electron chi connectivity index (χ1n) is 7.55. The van der Waals surface area contributed by atoms with Crippen LogP contribution in [0.5, 0.6) is 0 Å². The van der Waals surface area contributed by atoms with Gasteiger partial charge in [-0.3, -0.25) is 4.79 Å². The first kappa shape index (κ1) is 15.5. The molecule has 1 saturated carbocycles. The van der Waals surface area contributed by atoms with Crippen LogP contribution in [-0.4, -0.2) is 24.2 Å². The fourth-order valence-electron chi connectivity index (χ4n) is 2.85. The van der Waals surface area contributed by atoms with E-state index in [1.165, 1.54) is 25.7 Å². The topological polar surface area (TPSA) is 49.3 Å². The molecule has 0 heterocycles. The number of aliphatic hydroxyl groups is 1. The predicted octanol–water partition coefficient (Wildman–Crippen LogP) is 2.73. The first-order valence-corrected chi connectivity index (χ1v) is 7.55. The van der Waals surface area contributed by atoms with Gasteiger partial charge in [0.25, 0.3) is 0 Å². The molecule has 2 N–H and O–H groups in total. The Kier molecular flexibility index (Phi) is 7.33. The van der Waals surface area contributed by atoms with Gasteiger partial charge in [0.1, 0.15) is 0 Å². The van der Waals surface area contributed by atoms with Crippen molar-refractivity contribution in [2.24, 2.45) is 17.8 Å². The van der Waals surface area contributed by atoms with Crippen LogP contribution in [0.2, 0.25) is 0 Å². The fraction of sp³-hybridized carbons (Fsp3) is 0.933. The van der Waals surface area contributed by atoms with E-state index in [0.717, 1.165) is 25.2 Å². The Labute approximate surface area is 111 Å². The van der Waals surface area contributed by atoms with Gasteiger partial charge in [0, 0.05) is 19.1 Å². The molecule has 1 amide bonds. The lowest BCUT2D eigenvalue weighted by Gasteiger charge is -2.20. The summed E-state index contributed by atoms with van der Waals surface area (Å²) < 4.78 is 0. The summed E-state index contributed by atoms with van der Waals surface area (Å²) in [4.78, 5) is 12.1. The van der Waals surface area contributed by atoms with Crippen LogP contribution in [0.3, 0.4) is 0 Å². The van der Waals surface area contributed by atoms with Gasteiger partial charge in [0.05, 0.1) is 0 Å². The van der Waals surface area contributed by atoms with Gasteiger partial charge < -0.3 is 10.4 Å². The maximum Gasteiger partial charge on any atom is 0.223 e. The zero-order chi connectivity index (χ0) is 13.4. The molecular formula is C15H29NO2. The Morgan fingerprint density at radius 3 is 2.61 bits per heavy atom. The molecule has 0 aliphatic heterocycles. The maximum atomic E-state index is 12.1. The van der Waals surface area contributed by atoms with Crippen LogP contribution in [0.15, 0.2) is 0 Å². The zero-order valence-electron chi connectivity index (χ0n) is 12.0. The fourth-order valence-corrected chi connectivity index (χ4v) is 2.85.